The molecule has 4 nitrogen and oxygen atoms in total. The summed E-state index contributed by atoms with van der Waals surface area (Å²) in [6.45, 7) is 5.16. The van der Waals surface area contributed by atoms with E-state index in [1.54, 1.807) is 0 Å². The molecule has 5 heteroatoms. The fourth-order valence-electron chi connectivity index (χ4n) is 4.75. The fourth-order valence-corrected chi connectivity index (χ4v) is 4.75. The maximum Gasteiger partial charge on any atom is 0.223 e. The van der Waals surface area contributed by atoms with Crippen molar-refractivity contribution in [3.05, 3.63) is 0 Å². The normalized spacial score (nSPS) is 40.3. The van der Waals surface area contributed by atoms with Gasteiger partial charge >= 0.3 is 0 Å². The molecule has 0 aromatic carbocycles. The summed E-state index contributed by atoms with van der Waals surface area (Å²) < 4.78 is 5.80. The van der Waals surface area contributed by atoms with Gasteiger partial charge in [0.05, 0.1) is 6.10 Å². The van der Waals surface area contributed by atoms with E-state index in [9.17, 15) is 4.79 Å². The number of carbonyl (C=O) groups excluding carboxylic acids is 1. The number of halogens is 1. The molecule has 0 radical (unpaired) electrons. The number of nitrogens with one attached hydrogen (secondary N) is 1. The van der Waals surface area contributed by atoms with Crippen LogP contribution in [0, 0.1) is 23.7 Å². The van der Waals surface area contributed by atoms with Gasteiger partial charge < -0.3 is 15.8 Å². The molecular weight excluding hydrogens is 312 g/mol. The van der Waals surface area contributed by atoms with E-state index in [-0.39, 0.29) is 24.2 Å². The molecule has 3 rings (SSSR count). The van der Waals surface area contributed by atoms with Crippen LogP contribution >= 0.6 is 12.4 Å². The Balaban J connectivity index is 0.00000192. The lowest BCUT2D eigenvalue weighted by molar-refractivity contribution is -0.130. The molecule has 23 heavy (non-hydrogen) atoms. The quantitative estimate of drug-likeness (QED) is 0.827. The monoisotopic (exact) mass is 344 g/mol. The van der Waals surface area contributed by atoms with Gasteiger partial charge in [0, 0.05) is 24.6 Å². The van der Waals surface area contributed by atoms with Crippen LogP contribution in [0.15, 0.2) is 0 Å². The number of hydrogen-bond donors (Lipinski definition) is 2. The van der Waals surface area contributed by atoms with Crippen molar-refractivity contribution in [2.24, 2.45) is 29.4 Å². The number of carbonyl (C=O) groups is 1. The molecule has 2 aliphatic carbocycles. The maximum atomic E-state index is 12.7. The van der Waals surface area contributed by atoms with E-state index < -0.39 is 0 Å². The van der Waals surface area contributed by atoms with Crippen LogP contribution in [0.1, 0.15) is 58.8 Å². The van der Waals surface area contributed by atoms with E-state index >= 15 is 0 Å². The van der Waals surface area contributed by atoms with Gasteiger partial charge in [0.1, 0.15) is 0 Å². The molecule has 2 saturated carbocycles. The van der Waals surface area contributed by atoms with Crippen LogP contribution in [0.5, 0.6) is 0 Å². The number of ether oxygens (including phenoxy) is 1. The lowest BCUT2D eigenvalue weighted by Gasteiger charge is -2.44. The molecule has 1 saturated heterocycles. The van der Waals surface area contributed by atoms with E-state index in [0.717, 1.165) is 32.3 Å². The van der Waals surface area contributed by atoms with Gasteiger partial charge in [-0.15, -0.1) is 12.4 Å². The van der Waals surface area contributed by atoms with Crippen molar-refractivity contribution in [1.82, 2.24) is 5.32 Å². The predicted molar refractivity (Wildman–Crippen MR) is 94.5 cm³/mol. The van der Waals surface area contributed by atoms with E-state index in [1.165, 1.54) is 19.3 Å². The summed E-state index contributed by atoms with van der Waals surface area (Å²) in [7, 11) is 0. The smallest absolute Gasteiger partial charge is 0.223 e. The van der Waals surface area contributed by atoms with Crippen molar-refractivity contribution in [3.8, 4) is 0 Å². The second-order valence-electron chi connectivity index (χ2n) is 8.08. The van der Waals surface area contributed by atoms with E-state index in [4.69, 9.17) is 10.5 Å². The summed E-state index contributed by atoms with van der Waals surface area (Å²) in [6.07, 6.45) is 7.94. The van der Waals surface area contributed by atoms with Crippen molar-refractivity contribution in [2.75, 3.05) is 6.61 Å². The first kappa shape index (κ1) is 19.0. The van der Waals surface area contributed by atoms with Crippen LogP contribution in [0.25, 0.3) is 0 Å². The lowest BCUT2D eigenvalue weighted by atomic mass is 9.65. The summed E-state index contributed by atoms with van der Waals surface area (Å²) in [6, 6.07) is 0.635. The fraction of sp³-hybridized carbons (Fsp3) is 0.944. The van der Waals surface area contributed by atoms with Crippen molar-refractivity contribution in [3.63, 3.8) is 0 Å². The largest absolute Gasteiger partial charge is 0.378 e. The Morgan fingerprint density at radius 1 is 1.13 bits per heavy atom. The Labute approximate surface area is 146 Å². The van der Waals surface area contributed by atoms with Gasteiger partial charge in [-0.05, 0) is 56.3 Å². The zero-order valence-corrected chi connectivity index (χ0v) is 15.3. The average molecular weight is 345 g/mol. The highest BCUT2D eigenvalue weighted by Crippen LogP contribution is 2.42. The Bertz CT molecular complexity index is 390. The topological polar surface area (TPSA) is 64.4 Å². The van der Waals surface area contributed by atoms with Crippen molar-refractivity contribution in [2.45, 2.75) is 77.0 Å². The molecule has 0 spiro atoms. The Kier molecular flexibility index (Phi) is 6.76. The zero-order valence-electron chi connectivity index (χ0n) is 14.5. The van der Waals surface area contributed by atoms with Gasteiger partial charge in [0.25, 0.3) is 0 Å². The first-order valence-corrected chi connectivity index (χ1v) is 9.22. The standard InChI is InChI=1S/C18H32N2O2.ClH/c1-11(2)16-10-15(6-7-22-16)20-18(21)14-8-12-4-3-5-13(9-14)17(12)19;/h11-17H,3-10,19H2,1-2H3,(H,20,21);1H. The number of nitrogens with two attached hydrogens (primary N) is 1. The molecule has 134 valence electrons. The van der Waals surface area contributed by atoms with Crippen LogP contribution in [-0.4, -0.2) is 30.7 Å². The molecule has 3 aliphatic rings. The minimum absolute atomic E-state index is 0. The van der Waals surface area contributed by atoms with Gasteiger partial charge in [0.2, 0.25) is 5.91 Å². The van der Waals surface area contributed by atoms with Crippen LogP contribution in [0.2, 0.25) is 0 Å². The third-order valence-electron chi connectivity index (χ3n) is 6.19. The highest BCUT2D eigenvalue weighted by atomic mass is 35.5. The molecule has 1 aliphatic heterocycles. The van der Waals surface area contributed by atoms with Crippen LogP contribution in [0.3, 0.4) is 0 Å². The van der Waals surface area contributed by atoms with Crippen LogP contribution in [0.4, 0.5) is 0 Å². The van der Waals surface area contributed by atoms with Gasteiger partial charge in [-0.25, -0.2) is 0 Å². The number of hydrogen-bond acceptors (Lipinski definition) is 3. The SMILES string of the molecule is CC(C)C1CC(NC(=O)C2CC3CCCC(C2)C3N)CCO1.Cl. The molecule has 2 bridgehead atoms. The second-order valence-corrected chi connectivity index (χ2v) is 8.08. The molecule has 4 unspecified atom stereocenters. The van der Waals surface area contributed by atoms with Gasteiger partial charge in [-0.1, -0.05) is 20.3 Å². The Hall–Kier alpha value is -0.320. The molecule has 1 heterocycles. The summed E-state index contributed by atoms with van der Waals surface area (Å²) in [5.74, 6) is 2.13. The number of amides is 1. The van der Waals surface area contributed by atoms with Gasteiger partial charge in [-0.3, -0.25) is 4.79 Å². The van der Waals surface area contributed by atoms with Crippen molar-refractivity contribution < 1.29 is 9.53 Å². The Morgan fingerprint density at radius 3 is 2.39 bits per heavy atom. The highest BCUT2D eigenvalue weighted by Gasteiger charge is 2.41. The molecular formula is C18H33ClN2O2. The lowest BCUT2D eigenvalue weighted by Crippen LogP contribution is -2.51. The van der Waals surface area contributed by atoms with Crippen molar-refractivity contribution in [1.29, 1.82) is 0 Å². The summed E-state index contributed by atoms with van der Waals surface area (Å²) in [5, 5.41) is 3.32. The molecule has 3 fully saturated rings. The van der Waals surface area contributed by atoms with Crippen molar-refractivity contribution >= 4 is 18.3 Å². The number of fused-ring (bicyclic) bond motifs is 2. The van der Waals surface area contributed by atoms with Gasteiger partial charge in [0.15, 0.2) is 0 Å². The Morgan fingerprint density at radius 2 is 1.78 bits per heavy atom. The second kappa shape index (κ2) is 8.17. The zero-order chi connectivity index (χ0) is 15.7. The average Bonchev–Trinajstić information content (AvgIpc) is 2.47. The van der Waals surface area contributed by atoms with E-state index in [2.05, 4.69) is 19.2 Å². The third-order valence-corrected chi connectivity index (χ3v) is 6.19. The van der Waals surface area contributed by atoms with Crippen LogP contribution < -0.4 is 11.1 Å². The molecule has 4 atom stereocenters. The third kappa shape index (κ3) is 4.40. The van der Waals surface area contributed by atoms with Crippen LogP contribution in [-0.2, 0) is 9.53 Å². The van der Waals surface area contributed by atoms with Gasteiger partial charge in [-0.2, -0.15) is 0 Å². The predicted octanol–water partition coefficient (Wildman–Crippen LogP) is 2.88. The minimum Gasteiger partial charge on any atom is -0.378 e. The highest BCUT2D eigenvalue weighted by molar-refractivity contribution is 5.85. The first-order valence-electron chi connectivity index (χ1n) is 9.22. The first-order chi connectivity index (χ1) is 10.5. The van der Waals surface area contributed by atoms with E-state index in [0.29, 0.717) is 35.9 Å². The molecule has 1 amide bonds. The summed E-state index contributed by atoms with van der Waals surface area (Å²) in [5.41, 5.74) is 6.33. The summed E-state index contributed by atoms with van der Waals surface area (Å²) in [4.78, 5) is 12.7. The minimum atomic E-state index is 0. The molecule has 0 aromatic rings. The molecule has 3 N–H and O–H groups in total. The molecule has 0 aromatic heterocycles. The number of rotatable bonds is 3. The van der Waals surface area contributed by atoms with E-state index in [1.807, 2.05) is 0 Å². The maximum absolute atomic E-state index is 12.7. The summed E-state index contributed by atoms with van der Waals surface area (Å²) >= 11 is 0.